The molecule has 1 heterocycles. The Labute approximate surface area is 597 Å². The van der Waals surface area contributed by atoms with Crippen molar-refractivity contribution in [2.24, 2.45) is 63.1 Å². The Morgan fingerprint density at radius 3 is 2.16 bits per heavy atom. The first-order valence-electron chi connectivity index (χ1n) is 37.1. The molecule has 0 aromatic heterocycles. The first kappa shape index (κ1) is 77.1. The van der Waals surface area contributed by atoms with Crippen molar-refractivity contribution in [3.05, 3.63) is 94.6 Å². The highest BCUT2D eigenvalue weighted by Gasteiger charge is 2.78. The molecule has 2 aromatic carbocycles. The fraction of sp³-hybridized carbons (Fsp3) is 0.700. The molecule has 556 valence electrons. The molecule has 101 heavy (non-hydrogen) atoms. The highest BCUT2D eigenvalue weighted by Crippen LogP contribution is 2.69. The highest BCUT2D eigenvalue weighted by molar-refractivity contribution is 5.95. The van der Waals surface area contributed by atoms with Crippen LogP contribution in [0.4, 0.5) is 4.79 Å². The lowest BCUT2D eigenvalue weighted by Gasteiger charge is -2.67. The number of ether oxygens (including phenoxy) is 9. The third-order valence-corrected chi connectivity index (χ3v) is 25.3. The van der Waals surface area contributed by atoms with Gasteiger partial charge in [-0.05, 0) is 161 Å². The van der Waals surface area contributed by atoms with Gasteiger partial charge in [0.1, 0.15) is 41.7 Å². The number of Topliss-reactive ketones (excluding diaryl/α,β-unsaturated/α-hetero) is 1. The van der Waals surface area contributed by atoms with Crippen LogP contribution in [0.15, 0.2) is 83.5 Å². The minimum absolute atomic E-state index is 0.0505. The Kier molecular flexibility index (Phi) is 23.4. The van der Waals surface area contributed by atoms with E-state index in [0.717, 1.165) is 55.3 Å². The summed E-state index contributed by atoms with van der Waals surface area (Å²) in [7, 11) is 2.75. The van der Waals surface area contributed by atoms with E-state index in [1.54, 1.807) is 97.0 Å². The fourth-order valence-corrected chi connectivity index (χ4v) is 20.1. The fourth-order valence-electron chi connectivity index (χ4n) is 20.1. The molecule has 1 aliphatic heterocycles. The van der Waals surface area contributed by atoms with Crippen molar-refractivity contribution in [3.8, 4) is 0 Å². The van der Waals surface area contributed by atoms with E-state index in [0.29, 0.717) is 17.9 Å². The first-order valence-corrected chi connectivity index (χ1v) is 37.1. The number of amides is 3. The quantitative estimate of drug-likeness (QED) is 0.0311. The summed E-state index contributed by atoms with van der Waals surface area (Å²) in [5, 5.41) is 22.3. The van der Waals surface area contributed by atoms with Crippen LogP contribution in [0.3, 0.4) is 0 Å². The van der Waals surface area contributed by atoms with Gasteiger partial charge in [0, 0.05) is 52.4 Å². The maximum atomic E-state index is 16.0. The predicted octanol–water partition coefficient (Wildman–Crippen LogP) is 11.6. The van der Waals surface area contributed by atoms with Crippen LogP contribution in [0.1, 0.15) is 208 Å². The number of carbonyl (C=O) groups is 8. The molecule has 0 radical (unpaired) electrons. The van der Waals surface area contributed by atoms with Crippen molar-refractivity contribution in [1.29, 1.82) is 0 Å². The van der Waals surface area contributed by atoms with Gasteiger partial charge in [0.05, 0.1) is 55.3 Å². The first-order chi connectivity index (χ1) is 47.7. The van der Waals surface area contributed by atoms with E-state index in [-0.39, 0.29) is 59.9 Å². The molecule has 3 unspecified atom stereocenters. The summed E-state index contributed by atoms with van der Waals surface area (Å²) in [6, 6.07) is 14.6. The van der Waals surface area contributed by atoms with Gasteiger partial charge in [-0.2, -0.15) is 0 Å². The number of rotatable bonds is 25. The average Bonchev–Trinajstić information content (AvgIpc) is 1.37. The van der Waals surface area contributed by atoms with Crippen molar-refractivity contribution < 1.29 is 86.1 Å². The second-order valence-corrected chi connectivity index (χ2v) is 33.1. The molecule has 1 saturated heterocycles. The average molecular weight is 1400 g/mol. The third-order valence-electron chi connectivity index (χ3n) is 25.3. The number of ketones is 1. The number of aliphatic hydroxyl groups is 1. The summed E-state index contributed by atoms with van der Waals surface area (Å²) in [6.07, 6.45) is 4.83. The molecule has 2 aromatic rings. The smallest absolute Gasteiger partial charge is 0.408 e. The normalized spacial score (nSPS) is 34.0. The van der Waals surface area contributed by atoms with Gasteiger partial charge in [-0.25, -0.2) is 14.4 Å². The number of fused-ring (bicyclic) bond motifs is 10. The maximum Gasteiger partial charge on any atom is 0.408 e. The van der Waals surface area contributed by atoms with Crippen LogP contribution >= 0.6 is 0 Å². The summed E-state index contributed by atoms with van der Waals surface area (Å²) in [5.41, 5.74) is -5.48. The molecular weight excluding hydrogens is 1290 g/mol. The van der Waals surface area contributed by atoms with Crippen molar-refractivity contribution in [3.63, 3.8) is 0 Å². The summed E-state index contributed by atoms with van der Waals surface area (Å²) in [4.78, 5) is 114. The van der Waals surface area contributed by atoms with Crippen LogP contribution in [-0.2, 0) is 71.4 Å². The van der Waals surface area contributed by atoms with Crippen LogP contribution in [0.5, 0.6) is 0 Å². The molecule has 5 saturated carbocycles. The van der Waals surface area contributed by atoms with E-state index in [2.05, 4.69) is 56.6 Å². The van der Waals surface area contributed by atoms with Gasteiger partial charge in [0.2, 0.25) is 17.9 Å². The SMILES string of the molecule is CO[C@H]1C(=O)[C@]2(C)[C@@H](OC)C[C@H]3OC[C@@]3(OC(C)=O)[C@H]2[C@H](OC(=O)c2ccccc2)[C@]2(O)C[C@H](OC(=O)[C@H](OC(=O)CCC(=O)NCC(=O)NCCO[C@H]3CC[C@@]4(C)C(=CCC5C4CC[C@@]4(C)C5CC[C@@H]4[C@H](C)CCCC(C)C)C3)[C@@H](NC(=O)OC(C)(C)C)c3ccccc3)C(C)=C1C2(C)C. The van der Waals surface area contributed by atoms with Gasteiger partial charge in [0.25, 0.3) is 0 Å². The molecule has 2 bridgehead atoms. The van der Waals surface area contributed by atoms with Gasteiger partial charge >= 0.3 is 30.0 Å². The summed E-state index contributed by atoms with van der Waals surface area (Å²) < 4.78 is 56.0. The van der Waals surface area contributed by atoms with E-state index in [9.17, 15) is 33.9 Å². The van der Waals surface area contributed by atoms with Gasteiger partial charge in [0.15, 0.2) is 11.4 Å². The molecular formula is C80H113N3O18. The molecule has 10 rings (SSSR count). The molecule has 8 aliphatic rings. The molecule has 3 amide bonds. The molecule has 7 aliphatic carbocycles. The monoisotopic (exact) mass is 1400 g/mol. The lowest BCUT2D eigenvalue weighted by atomic mass is 9.44. The Morgan fingerprint density at radius 1 is 0.812 bits per heavy atom. The van der Waals surface area contributed by atoms with Crippen LogP contribution in [0.2, 0.25) is 0 Å². The minimum atomic E-state index is -2.36. The number of alkyl carbamates (subject to hydrolysis) is 1. The Hall–Kier alpha value is -6.52. The maximum absolute atomic E-state index is 16.0. The third kappa shape index (κ3) is 15.3. The zero-order valence-electron chi connectivity index (χ0n) is 62.3. The number of carbonyl (C=O) groups excluding carboxylic acids is 8. The van der Waals surface area contributed by atoms with E-state index < -0.39 is 143 Å². The lowest BCUT2D eigenvalue weighted by molar-refractivity contribution is -0.347. The van der Waals surface area contributed by atoms with Crippen molar-refractivity contribution in [2.45, 2.75) is 252 Å². The molecule has 6 fully saturated rings. The zero-order chi connectivity index (χ0) is 73.4. The standard InChI is InChI=1S/C80H113N3O18/c1-46(2)23-22-24-47(3)55-31-32-56-54-30-29-52-41-53(35-37-76(52,11)57(54)36-38-77(55,56)12)95-40-39-81-62(86)44-82-61(85)33-34-63(87)98-67(65(50-25-18-16-19-26-50)83-73(91)101-74(6,7)8)72(90)97-58-43-80(92)70(99-71(89)51-27-20-17-21-28-51)68-78(13,69(88)66(94-15)64(48(58)4)75(80,9)10)59(93-14)42-60-79(68,45-96-60)100-49(5)84/h16-21,25-29,46-47,53-60,65-68,70,92H,22-24,30-45H2,1-15H3,(H,81,86)(H,82,85)(H,83,91)/t47-,53+,54?,55-,56?,57?,58+,59+,60-,65+,66-,67-,68+,70+,76+,77-,78-,79+,80-/m1/s1. The van der Waals surface area contributed by atoms with E-state index >= 15 is 9.59 Å². The molecule has 0 spiro atoms. The molecule has 21 heteroatoms. The van der Waals surface area contributed by atoms with Crippen LogP contribution in [0, 0.1) is 63.1 Å². The molecule has 4 N–H and O–H groups in total. The summed E-state index contributed by atoms with van der Waals surface area (Å²) in [6.45, 7) is 25.0. The number of esters is 4. The van der Waals surface area contributed by atoms with Gasteiger partial charge in [-0.1, -0.05) is 128 Å². The van der Waals surface area contributed by atoms with Crippen LogP contribution < -0.4 is 16.0 Å². The van der Waals surface area contributed by atoms with Gasteiger partial charge in [-0.3, -0.25) is 24.0 Å². The zero-order valence-corrected chi connectivity index (χ0v) is 62.3. The highest BCUT2D eigenvalue weighted by atomic mass is 16.6. The Bertz CT molecular complexity index is 3440. The number of benzene rings is 2. The molecule has 19 atom stereocenters. The number of methoxy groups -OCH3 is 2. The van der Waals surface area contributed by atoms with Crippen molar-refractivity contribution in [1.82, 2.24) is 16.0 Å². The van der Waals surface area contributed by atoms with E-state index in [4.69, 9.17) is 42.6 Å². The molecule has 21 nitrogen and oxygen atoms in total. The number of hydrogen-bond acceptors (Lipinski definition) is 18. The largest absolute Gasteiger partial charge is 0.455 e. The van der Waals surface area contributed by atoms with E-state index in [1.165, 1.54) is 83.8 Å². The topological polar surface area (TPSA) is 276 Å². The van der Waals surface area contributed by atoms with Gasteiger partial charge < -0.3 is 63.7 Å². The second-order valence-electron chi connectivity index (χ2n) is 33.1. The Balaban J connectivity index is 0.820. The lowest BCUT2D eigenvalue weighted by Crippen LogP contribution is -2.82. The van der Waals surface area contributed by atoms with Crippen LogP contribution in [0.25, 0.3) is 0 Å². The second kappa shape index (κ2) is 30.7. The van der Waals surface area contributed by atoms with Crippen molar-refractivity contribution in [2.75, 3.05) is 40.5 Å². The minimum Gasteiger partial charge on any atom is -0.455 e. The van der Waals surface area contributed by atoms with Crippen molar-refractivity contribution >= 4 is 47.6 Å². The number of allylic oxidation sites excluding steroid dienone is 1. The summed E-state index contributed by atoms with van der Waals surface area (Å²) >= 11 is 0. The van der Waals surface area contributed by atoms with E-state index in [1.807, 2.05) is 0 Å². The number of hydrogen-bond donors (Lipinski definition) is 4. The summed E-state index contributed by atoms with van der Waals surface area (Å²) in [5.74, 6) is -2.46. The number of nitrogens with one attached hydrogen (secondary N) is 3. The Morgan fingerprint density at radius 2 is 1.51 bits per heavy atom. The predicted molar refractivity (Wildman–Crippen MR) is 375 cm³/mol. The van der Waals surface area contributed by atoms with Crippen LogP contribution in [-0.4, -0.2) is 153 Å². The van der Waals surface area contributed by atoms with Gasteiger partial charge in [-0.15, -0.1) is 0 Å².